The third-order valence-electron chi connectivity index (χ3n) is 3.33. The summed E-state index contributed by atoms with van der Waals surface area (Å²) in [6.07, 6.45) is 1.11. The summed E-state index contributed by atoms with van der Waals surface area (Å²) in [5.74, 6) is 0.911. The summed E-state index contributed by atoms with van der Waals surface area (Å²) in [5.41, 5.74) is 1.36. The molecule has 0 aliphatic rings. The molecule has 0 spiro atoms. The highest BCUT2D eigenvalue weighted by Gasteiger charge is 2.08. The summed E-state index contributed by atoms with van der Waals surface area (Å²) in [5, 5.41) is 6.01. The molecule has 2 nitrogen and oxygen atoms in total. The Labute approximate surface area is 109 Å². The van der Waals surface area contributed by atoms with Crippen molar-refractivity contribution in [3.05, 3.63) is 42.0 Å². The lowest BCUT2D eigenvalue weighted by Gasteiger charge is -2.17. The van der Waals surface area contributed by atoms with Crippen LogP contribution in [0.3, 0.4) is 0 Å². The van der Waals surface area contributed by atoms with Gasteiger partial charge in [0.2, 0.25) is 0 Å². The first-order valence-electron chi connectivity index (χ1n) is 6.59. The van der Waals surface area contributed by atoms with Gasteiger partial charge in [-0.1, -0.05) is 32.0 Å². The minimum atomic E-state index is 0.446. The summed E-state index contributed by atoms with van der Waals surface area (Å²) in [4.78, 5) is 0. The van der Waals surface area contributed by atoms with E-state index in [2.05, 4.69) is 49.5 Å². The van der Waals surface area contributed by atoms with Crippen LogP contribution in [0.4, 0.5) is 0 Å². The van der Waals surface area contributed by atoms with Crippen molar-refractivity contribution in [3.8, 4) is 5.75 Å². The second-order valence-corrected chi connectivity index (χ2v) is 4.49. The van der Waals surface area contributed by atoms with Crippen molar-refractivity contribution in [1.82, 2.24) is 5.32 Å². The normalized spacial score (nSPS) is 12.6. The summed E-state index contributed by atoms with van der Waals surface area (Å²) in [7, 11) is 1.70. The van der Waals surface area contributed by atoms with Crippen molar-refractivity contribution < 1.29 is 4.74 Å². The summed E-state index contributed by atoms with van der Waals surface area (Å²) >= 11 is 0. The highest BCUT2D eigenvalue weighted by molar-refractivity contribution is 5.84. The van der Waals surface area contributed by atoms with Crippen LogP contribution in [0.15, 0.2) is 36.4 Å². The Bertz CT molecular complexity index is 521. The molecular weight excluding hydrogens is 222 g/mol. The van der Waals surface area contributed by atoms with E-state index < -0.39 is 0 Å². The lowest BCUT2D eigenvalue weighted by atomic mass is 10.00. The van der Waals surface area contributed by atoms with Crippen LogP contribution in [-0.2, 0) is 0 Å². The molecule has 0 aliphatic carbocycles. The van der Waals surface area contributed by atoms with Gasteiger partial charge < -0.3 is 10.1 Å². The Morgan fingerprint density at radius 2 is 1.78 bits per heavy atom. The third-order valence-corrected chi connectivity index (χ3v) is 3.33. The molecule has 2 aromatic rings. The van der Waals surface area contributed by atoms with Gasteiger partial charge in [-0.2, -0.15) is 0 Å². The van der Waals surface area contributed by atoms with E-state index in [9.17, 15) is 0 Å². The maximum Gasteiger partial charge on any atom is 0.119 e. The van der Waals surface area contributed by atoms with E-state index >= 15 is 0 Å². The standard InChI is InChI=1S/C16H21NO/c1-4-16(17-5-2)14-7-6-13-11-15(18-3)9-8-12(13)10-14/h6-11,16-17H,4-5H2,1-3H3. The number of nitrogens with one attached hydrogen (secondary N) is 1. The van der Waals surface area contributed by atoms with Gasteiger partial charge in [0, 0.05) is 6.04 Å². The Kier molecular flexibility index (Phi) is 4.21. The smallest absolute Gasteiger partial charge is 0.119 e. The fourth-order valence-electron chi connectivity index (χ4n) is 2.33. The largest absolute Gasteiger partial charge is 0.497 e. The molecule has 0 bridgehead atoms. The first-order chi connectivity index (χ1) is 8.78. The summed E-state index contributed by atoms with van der Waals surface area (Å²) in [6.45, 7) is 5.36. The number of methoxy groups -OCH3 is 1. The van der Waals surface area contributed by atoms with Crippen molar-refractivity contribution in [2.24, 2.45) is 0 Å². The van der Waals surface area contributed by atoms with Crippen LogP contribution >= 0.6 is 0 Å². The lowest BCUT2D eigenvalue weighted by Crippen LogP contribution is -2.19. The summed E-state index contributed by atoms with van der Waals surface area (Å²) in [6, 6.07) is 13.3. The van der Waals surface area contributed by atoms with Gasteiger partial charge in [0.25, 0.3) is 0 Å². The van der Waals surface area contributed by atoms with Crippen molar-refractivity contribution in [1.29, 1.82) is 0 Å². The van der Waals surface area contributed by atoms with Gasteiger partial charge in [-0.15, -0.1) is 0 Å². The van der Waals surface area contributed by atoms with Crippen molar-refractivity contribution in [3.63, 3.8) is 0 Å². The molecule has 18 heavy (non-hydrogen) atoms. The van der Waals surface area contributed by atoms with Gasteiger partial charge in [-0.25, -0.2) is 0 Å². The maximum atomic E-state index is 5.25. The molecule has 1 unspecified atom stereocenters. The minimum absolute atomic E-state index is 0.446. The molecule has 0 radical (unpaired) electrons. The van der Waals surface area contributed by atoms with E-state index in [1.165, 1.54) is 16.3 Å². The SMILES string of the molecule is CCNC(CC)c1ccc2cc(OC)ccc2c1. The molecule has 0 amide bonds. The van der Waals surface area contributed by atoms with Crippen molar-refractivity contribution in [2.45, 2.75) is 26.3 Å². The van der Waals surface area contributed by atoms with Crippen molar-refractivity contribution in [2.75, 3.05) is 13.7 Å². The maximum absolute atomic E-state index is 5.25. The van der Waals surface area contributed by atoms with Crippen molar-refractivity contribution >= 4 is 10.8 Å². The Balaban J connectivity index is 2.37. The molecule has 96 valence electrons. The number of rotatable bonds is 5. The highest BCUT2D eigenvalue weighted by Crippen LogP contribution is 2.25. The van der Waals surface area contributed by atoms with Gasteiger partial charge in [-0.3, -0.25) is 0 Å². The molecule has 2 aromatic carbocycles. The topological polar surface area (TPSA) is 21.3 Å². The second kappa shape index (κ2) is 5.87. The van der Waals surface area contributed by atoms with Crippen LogP contribution in [0.2, 0.25) is 0 Å². The molecular formula is C16H21NO. The van der Waals surface area contributed by atoms with Gasteiger partial charge in [0.05, 0.1) is 7.11 Å². The molecule has 2 rings (SSSR count). The number of fused-ring (bicyclic) bond motifs is 1. The van der Waals surface area contributed by atoms with E-state index in [0.717, 1.165) is 18.7 Å². The van der Waals surface area contributed by atoms with E-state index in [4.69, 9.17) is 4.74 Å². The molecule has 0 saturated heterocycles. The fraction of sp³-hybridized carbons (Fsp3) is 0.375. The van der Waals surface area contributed by atoms with E-state index in [-0.39, 0.29) is 0 Å². The number of hydrogen-bond donors (Lipinski definition) is 1. The molecule has 2 heteroatoms. The van der Waals surface area contributed by atoms with Crippen LogP contribution < -0.4 is 10.1 Å². The van der Waals surface area contributed by atoms with E-state index in [1.54, 1.807) is 7.11 Å². The first kappa shape index (κ1) is 12.9. The number of hydrogen-bond acceptors (Lipinski definition) is 2. The third kappa shape index (κ3) is 2.65. The first-order valence-corrected chi connectivity index (χ1v) is 6.59. The predicted molar refractivity (Wildman–Crippen MR) is 77.2 cm³/mol. The minimum Gasteiger partial charge on any atom is -0.497 e. The molecule has 0 fully saturated rings. The zero-order valence-corrected chi connectivity index (χ0v) is 11.4. The van der Waals surface area contributed by atoms with Crippen LogP contribution in [0, 0.1) is 0 Å². The quantitative estimate of drug-likeness (QED) is 0.859. The second-order valence-electron chi connectivity index (χ2n) is 4.49. The van der Waals surface area contributed by atoms with Gasteiger partial charge in [0.1, 0.15) is 5.75 Å². The van der Waals surface area contributed by atoms with Crippen LogP contribution in [-0.4, -0.2) is 13.7 Å². The highest BCUT2D eigenvalue weighted by atomic mass is 16.5. The lowest BCUT2D eigenvalue weighted by molar-refractivity contribution is 0.415. The molecule has 1 N–H and O–H groups in total. The Morgan fingerprint density at radius 3 is 2.44 bits per heavy atom. The van der Waals surface area contributed by atoms with E-state index in [1.807, 2.05) is 6.07 Å². The van der Waals surface area contributed by atoms with Crippen LogP contribution in [0.25, 0.3) is 10.8 Å². The average Bonchev–Trinajstić information content (AvgIpc) is 2.43. The Hall–Kier alpha value is -1.54. The molecule has 0 aromatic heterocycles. The zero-order chi connectivity index (χ0) is 13.0. The van der Waals surface area contributed by atoms with Gasteiger partial charge in [0.15, 0.2) is 0 Å². The number of benzene rings is 2. The van der Waals surface area contributed by atoms with Gasteiger partial charge >= 0.3 is 0 Å². The number of ether oxygens (including phenoxy) is 1. The molecule has 1 atom stereocenters. The van der Waals surface area contributed by atoms with Crippen LogP contribution in [0.1, 0.15) is 31.9 Å². The van der Waals surface area contributed by atoms with Crippen LogP contribution in [0.5, 0.6) is 5.75 Å². The predicted octanol–water partition coefficient (Wildman–Crippen LogP) is 3.91. The average molecular weight is 243 g/mol. The summed E-state index contributed by atoms with van der Waals surface area (Å²) < 4.78 is 5.25. The fourth-order valence-corrected chi connectivity index (χ4v) is 2.33. The van der Waals surface area contributed by atoms with Gasteiger partial charge in [-0.05, 0) is 47.5 Å². The Morgan fingerprint density at radius 1 is 1.06 bits per heavy atom. The molecule has 0 heterocycles. The monoisotopic (exact) mass is 243 g/mol. The zero-order valence-electron chi connectivity index (χ0n) is 11.4. The van der Waals surface area contributed by atoms with E-state index in [0.29, 0.717) is 6.04 Å². The molecule has 0 saturated carbocycles. The molecule has 0 aliphatic heterocycles.